The number of hydrogen-bond acceptors (Lipinski definition) is 4. The first-order valence-electron chi connectivity index (χ1n) is 12.2. The number of aliphatic hydroxyl groups excluding tert-OH is 1. The molecule has 0 spiro atoms. The van der Waals surface area contributed by atoms with Crippen LogP contribution in [0.4, 0.5) is 0 Å². The molecule has 3 N–H and O–H groups in total. The van der Waals surface area contributed by atoms with Crippen LogP contribution < -0.4 is 5.32 Å². The molecule has 2 unspecified atom stereocenters. The molecule has 0 aliphatic rings. The Kier molecular flexibility index (Phi) is 18.6. The van der Waals surface area contributed by atoms with E-state index in [1.54, 1.807) is 0 Å². The van der Waals surface area contributed by atoms with Crippen LogP contribution in [0.2, 0.25) is 0 Å². The highest BCUT2D eigenvalue weighted by atomic mass is 32.2. The summed E-state index contributed by atoms with van der Waals surface area (Å²) in [6, 6.07) is -0.957. The summed E-state index contributed by atoms with van der Waals surface area (Å²) >= 11 is 0. The maximum Gasteiger partial charge on any atom is 0.266 e. The third-order valence-electron chi connectivity index (χ3n) is 5.56. The van der Waals surface area contributed by atoms with E-state index in [9.17, 15) is 22.9 Å². The van der Waals surface area contributed by atoms with Crippen molar-refractivity contribution in [3.63, 3.8) is 0 Å². The molecule has 6 nitrogen and oxygen atoms in total. The normalized spacial score (nSPS) is 13.9. The number of carbonyl (C=O) groups excluding carboxylic acids is 1. The average molecular weight is 450 g/mol. The fourth-order valence-electron chi connectivity index (χ4n) is 3.69. The van der Waals surface area contributed by atoms with E-state index >= 15 is 0 Å². The lowest BCUT2D eigenvalue weighted by molar-refractivity contribution is -0.122. The molecule has 0 aromatic heterocycles. The summed E-state index contributed by atoms with van der Waals surface area (Å²) in [7, 11) is -4.27. The van der Waals surface area contributed by atoms with Gasteiger partial charge in [-0.1, -0.05) is 104 Å². The second-order valence-corrected chi connectivity index (χ2v) is 10.1. The molecule has 0 rings (SSSR count). The zero-order chi connectivity index (χ0) is 22.7. The smallest absolute Gasteiger partial charge is 0.266 e. The molecular weight excluding hydrogens is 402 g/mol. The van der Waals surface area contributed by atoms with Gasteiger partial charge in [-0.2, -0.15) is 8.42 Å². The van der Waals surface area contributed by atoms with Crippen LogP contribution in [0.3, 0.4) is 0 Å². The molecule has 0 radical (unpaired) electrons. The van der Waals surface area contributed by atoms with Crippen LogP contribution in [0.15, 0.2) is 0 Å². The van der Waals surface area contributed by atoms with Gasteiger partial charge in [0.15, 0.2) is 0 Å². The SMILES string of the molecule is CCCCCCCCCCCC(=O)NC(CS(=O)(=O)O)C(O)CCCCCCCC. The molecule has 0 aliphatic heterocycles. The van der Waals surface area contributed by atoms with Crippen LogP contribution >= 0.6 is 0 Å². The van der Waals surface area contributed by atoms with E-state index in [-0.39, 0.29) is 5.91 Å². The van der Waals surface area contributed by atoms with E-state index in [0.29, 0.717) is 12.8 Å². The molecule has 180 valence electrons. The number of amides is 1. The van der Waals surface area contributed by atoms with Crippen LogP contribution in [0.25, 0.3) is 0 Å². The number of aliphatic hydroxyl groups is 1. The van der Waals surface area contributed by atoms with Crippen molar-refractivity contribution in [2.24, 2.45) is 0 Å². The van der Waals surface area contributed by atoms with Gasteiger partial charge >= 0.3 is 0 Å². The summed E-state index contributed by atoms with van der Waals surface area (Å²) in [5, 5.41) is 13.0. The van der Waals surface area contributed by atoms with Crippen molar-refractivity contribution in [3.8, 4) is 0 Å². The Morgan fingerprint density at radius 2 is 1.20 bits per heavy atom. The Hall–Kier alpha value is -0.660. The van der Waals surface area contributed by atoms with Gasteiger partial charge in [-0.15, -0.1) is 0 Å². The number of unbranched alkanes of at least 4 members (excludes halogenated alkanes) is 13. The van der Waals surface area contributed by atoms with Crippen LogP contribution in [-0.2, 0) is 14.9 Å². The Bertz CT molecular complexity index is 510. The first-order chi connectivity index (χ1) is 14.3. The molecule has 30 heavy (non-hydrogen) atoms. The standard InChI is InChI=1S/C23H47NO5S/c1-3-5-7-9-11-12-13-15-17-19-23(26)24-21(20-30(27,28)29)22(25)18-16-14-10-8-6-4-2/h21-22,25H,3-20H2,1-2H3,(H,24,26)(H,27,28,29). The molecule has 0 heterocycles. The first kappa shape index (κ1) is 29.3. The van der Waals surface area contributed by atoms with Crippen molar-refractivity contribution in [1.82, 2.24) is 5.32 Å². The van der Waals surface area contributed by atoms with Gasteiger partial charge in [0.05, 0.1) is 17.9 Å². The fourth-order valence-corrected chi connectivity index (χ4v) is 4.45. The summed E-state index contributed by atoms with van der Waals surface area (Å²) in [5.74, 6) is -0.901. The number of hydrogen-bond donors (Lipinski definition) is 3. The molecule has 2 atom stereocenters. The van der Waals surface area contributed by atoms with Gasteiger partial charge in [0.25, 0.3) is 10.1 Å². The van der Waals surface area contributed by atoms with E-state index in [4.69, 9.17) is 0 Å². The van der Waals surface area contributed by atoms with Crippen LogP contribution in [0, 0.1) is 0 Å². The van der Waals surface area contributed by atoms with Gasteiger partial charge in [-0.05, 0) is 12.8 Å². The highest BCUT2D eigenvalue weighted by Crippen LogP contribution is 2.13. The molecule has 0 aromatic rings. The summed E-state index contributed by atoms with van der Waals surface area (Å²) in [6.45, 7) is 4.36. The van der Waals surface area contributed by atoms with Crippen LogP contribution in [0.1, 0.15) is 123 Å². The van der Waals surface area contributed by atoms with Crippen molar-refractivity contribution in [2.45, 2.75) is 135 Å². The van der Waals surface area contributed by atoms with Crippen molar-refractivity contribution in [2.75, 3.05) is 5.75 Å². The van der Waals surface area contributed by atoms with Gasteiger partial charge in [-0.3, -0.25) is 9.35 Å². The lowest BCUT2D eigenvalue weighted by atomic mass is 10.0. The van der Waals surface area contributed by atoms with Gasteiger partial charge < -0.3 is 10.4 Å². The predicted molar refractivity (Wildman–Crippen MR) is 124 cm³/mol. The zero-order valence-electron chi connectivity index (χ0n) is 19.4. The molecule has 7 heteroatoms. The predicted octanol–water partition coefficient (Wildman–Crippen LogP) is 5.39. The Morgan fingerprint density at radius 3 is 1.67 bits per heavy atom. The monoisotopic (exact) mass is 449 g/mol. The van der Waals surface area contributed by atoms with E-state index < -0.39 is 28.0 Å². The Labute approximate surface area is 185 Å². The van der Waals surface area contributed by atoms with E-state index in [0.717, 1.165) is 44.9 Å². The first-order valence-corrected chi connectivity index (χ1v) is 13.8. The maximum atomic E-state index is 12.2. The average Bonchev–Trinajstić information content (AvgIpc) is 2.67. The molecule has 0 saturated heterocycles. The summed E-state index contributed by atoms with van der Waals surface area (Å²) < 4.78 is 31.8. The minimum absolute atomic E-state index is 0.256. The lowest BCUT2D eigenvalue weighted by Gasteiger charge is -2.23. The van der Waals surface area contributed by atoms with Crippen LogP contribution in [-0.4, -0.2) is 41.9 Å². The number of nitrogens with one attached hydrogen (secondary N) is 1. The molecule has 0 saturated carbocycles. The molecule has 0 aliphatic carbocycles. The Balaban J connectivity index is 4.13. The van der Waals surface area contributed by atoms with Crippen molar-refractivity contribution in [3.05, 3.63) is 0 Å². The third kappa shape index (κ3) is 19.3. The minimum Gasteiger partial charge on any atom is -0.391 e. The molecule has 0 aromatic carbocycles. The summed E-state index contributed by atoms with van der Waals surface area (Å²) in [4.78, 5) is 12.2. The van der Waals surface area contributed by atoms with Gasteiger partial charge in [0, 0.05) is 6.42 Å². The second-order valence-electron chi connectivity index (χ2n) is 8.62. The molecule has 1 amide bonds. The van der Waals surface area contributed by atoms with Gasteiger partial charge in [0.2, 0.25) is 5.91 Å². The van der Waals surface area contributed by atoms with E-state index in [1.165, 1.54) is 51.4 Å². The van der Waals surface area contributed by atoms with Crippen molar-refractivity contribution in [1.29, 1.82) is 0 Å². The highest BCUT2D eigenvalue weighted by Gasteiger charge is 2.25. The zero-order valence-corrected chi connectivity index (χ0v) is 20.2. The lowest BCUT2D eigenvalue weighted by Crippen LogP contribution is -2.47. The molecular formula is C23H47NO5S. The quantitative estimate of drug-likeness (QED) is 0.161. The van der Waals surface area contributed by atoms with E-state index in [2.05, 4.69) is 19.2 Å². The highest BCUT2D eigenvalue weighted by molar-refractivity contribution is 7.85. The Morgan fingerprint density at radius 1 is 0.767 bits per heavy atom. The summed E-state index contributed by atoms with van der Waals surface area (Å²) in [6.07, 6.45) is 16.6. The van der Waals surface area contributed by atoms with Crippen molar-refractivity contribution < 1.29 is 22.9 Å². The van der Waals surface area contributed by atoms with Gasteiger partial charge in [-0.25, -0.2) is 0 Å². The topological polar surface area (TPSA) is 104 Å². The van der Waals surface area contributed by atoms with Crippen LogP contribution in [0.5, 0.6) is 0 Å². The number of carbonyl (C=O) groups is 1. The second kappa shape index (κ2) is 19.1. The summed E-state index contributed by atoms with van der Waals surface area (Å²) in [5.41, 5.74) is 0. The van der Waals surface area contributed by atoms with Gasteiger partial charge in [0.1, 0.15) is 0 Å². The largest absolute Gasteiger partial charge is 0.391 e. The molecule has 0 bridgehead atoms. The van der Waals surface area contributed by atoms with Crippen molar-refractivity contribution >= 4 is 16.0 Å². The minimum atomic E-state index is -4.27. The maximum absolute atomic E-state index is 12.2. The van der Waals surface area contributed by atoms with E-state index in [1.807, 2.05) is 0 Å². The molecule has 0 fully saturated rings. The fraction of sp³-hybridized carbons (Fsp3) is 0.957. The third-order valence-corrected chi connectivity index (χ3v) is 6.34. The number of rotatable bonds is 21.